The third-order valence-corrected chi connectivity index (χ3v) is 8.08. The topological polar surface area (TPSA) is 73.8 Å². The van der Waals surface area contributed by atoms with Crippen molar-refractivity contribution in [2.24, 2.45) is 10.9 Å². The second-order valence-electron chi connectivity index (χ2n) is 7.38. The Morgan fingerprint density at radius 1 is 1.21 bits per heavy atom. The molecule has 1 saturated carbocycles. The average Bonchev–Trinajstić information content (AvgIpc) is 2.66. The summed E-state index contributed by atoms with van der Waals surface area (Å²) in [4.78, 5) is 4.62. The molecule has 2 fully saturated rings. The van der Waals surface area contributed by atoms with Gasteiger partial charge >= 0.3 is 15.5 Å². The molecule has 28 heavy (non-hydrogen) atoms. The third-order valence-electron chi connectivity index (χ3n) is 5.36. The highest BCUT2D eigenvalue weighted by Crippen LogP contribution is 2.30. The largest absolute Gasteiger partial charge is 0.511 e. The van der Waals surface area contributed by atoms with E-state index in [-0.39, 0.29) is 19.0 Å². The van der Waals surface area contributed by atoms with E-state index < -0.39 is 15.5 Å². The Kier molecular flexibility index (Phi) is 8.75. The number of piperidine rings is 1. The zero-order valence-corrected chi connectivity index (χ0v) is 18.1. The van der Waals surface area contributed by atoms with E-state index in [2.05, 4.69) is 21.9 Å². The molecule has 0 aromatic rings. The van der Waals surface area contributed by atoms with Gasteiger partial charge in [0.2, 0.25) is 0 Å². The maximum Gasteiger partial charge on any atom is 0.511 e. The standard InChI is InChI=1S/C17H31F3N4O2S2/c1-3-21-16(23-14-5-4-6-15(11-14)27-2)22-12-13-7-9-24(10-8-13)28(25,26)17(18,19)20/h13-15H,3-12H2,1-2H3,(H2,21,22,23). The molecular weight excluding hydrogens is 413 g/mol. The van der Waals surface area contributed by atoms with Gasteiger partial charge in [0.1, 0.15) is 0 Å². The van der Waals surface area contributed by atoms with E-state index in [9.17, 15) is 21.6 Å². The number of sulfonamides is 1. The van der Waals surface area contributed by atoms with Gasteiger partial charge in [0.25, 0.3) is 0 Å². The van der Waals surface area contributed by atoms with Crippen molar-refractivity contribution < 1.29 is 21.6 Å². The summed E-state index contributed by atoms with van der Waals surface area (Å²) in [5.41, 5.74) is -5.23. The Morgan fingerprint density at radius 3 is 2.46 bits per heavy atom. The molecule has 2 N–H and O–H groups in total. The van der Waals surface area contributed by atoms with Crippen LogP contribution in [0.3, 0.4) is 0 Å². The molecule has 0 aromatic heterocycles. The summed E-state index contributed by atoms with van der Waals surface area (Å²) in [5, 5.41) is 7.38. The van der Waals surface area contributed by atoms with Crippen LogP contribution in [0.4, 0.5) is 13.2 Å². The Labute approximate surface area is 170 Å². The zero-order chi connectivity index (χ0) is 20.8. The minimum atomic E-state index is -5.23. The number of aliphatic imine (C=N–C) groups is 1. The van der Waals surface area contributed by atoms with Gasteiger partial charge in [0.05, 0.1) is 0 Å². The van der Waals surface area contributed by atoms with Crippen LogP contribution in [0.1, 0.15) is 45.4 Å². The number of halogens is 3. The lowest BCUT2D eigenvalue weighted by Crippen LogP contribution is -2.46. The molecule has 1 heterocycles. The van der Waals surface area contributed by atoms with Crippen molar-refractivity contribution in [1.82, 2.24) is 14.9 Å². The first kappa shape index (κ1) is 23.6. The lowest BCUT2D eigenvalue weighted by molar-refractivity contribution is -0.0496. The van der Waals surface area contributed by atoms with Gasteiger partial charge in [-0.2, -0.15) is 29.2 Å². The first-order valence-electron chi connectivity index (χ1n) is 9.81. The summed E-state index contributed by atoms with van der Waals surface area (Å²) in [6.07, 6.45) is 7.54. The summed E-state index contributed by atoms with van der Waals surface area (Å²) in [6.45, 7) is 2.98. The molecule has 11 heteroatoms. The van der Waals surface area contributed by atoms with Gasteiger partial charge in [0, 0.05) is 37.5 Å². The van der Waals surface area contributed by atoms with Crippen LogP contribution in [-0.4, -0.2) is 67.9 Å². The molecule has 0 radical (unpaired) electrons. The monoisotopic (exact) mass is 444 g/mol. The van der Waals surface area contributed by atoms with Gasteiger partial charge in [-0.15, -0.1) is 0 Å². The smallest absolute Gasteiger partial charge is 0.357 e. The van der Waals surface area contributed by atoms with Crippen molar-refractivity contribution in [3.05, 3.63) is 0 Å². The molecule has 1 aliphatic carbocycles. The molecule has 2 unspecified atom stereocenters. The van der Waals surface area contributed by atoms with Crippen LogP contribution in [0.2, 0.25) is 0 Å². The summed E-state index contributed by atoms with van der Waals surface area (Å²) in [5.74, 6) is 0.819. The molecule has 2 rings (SSSR count). The van der Waals surface area contributed by atoms with Gasteiger partial charge in [-0.25, -0.2) is 8.42 Å². The molecule has 0 aromatic carbocycles. The Morgan fingerprint density at radius 2 is 1.89 bits per heavy atom. The predicted molar refractivity (Wildman–Crippen MR) is 108 cm³/mol. The van der Waals surface area contributed by atoms with E-state index in [1.54, 1.807) is 0 Å². The molecule has 164 valence electrons. The minimum absolute atomic E-state index is 0.0837. The fourth-order valence-corrected chi connectivity index (χ4v) is 5.51. The van der Waals surface area contributed by atoms with E-state index in [1.165, 1.54) is 12.8 Å². The number of rotatable bonds is 6. The second-order valence-corrected chi connectivity index (χ2v) is 10.4. The van der Waals surface area contributed by atoms with Crippen LogP contribution in [-0.2, 0) is 10.0 Å². The number of thioether (sulfide) groups is 1. The van der Waals surface area contributed by atoms with Crippen molar-refractivity contribution in [2.75, 3.05) is 32.4 Å². The van der Waals surface area contributed by atoms with Gasteiger partial charge in [0.15, 0.2) is 5.96 Å². The molecule has 1 aliphatic heterocycles. The van der Waals surface area contributed by atoms with E-state index in [0.717, 1.165) is 25.3 Å². The van der Waals surface area contributed by atoms with E-state index in [0.29, 0.717) is 35.0 Å². The Bertz CT molecular complexity index is 620. The van der Waals surface area contributed by atoms with Crippen LogP contribution < -0.4 is 10.6 Å². The van der Waals surface area contributed by atoms with Crippen LogP contribution in [0.15, 0.2) is 4.99 Å². The second kappa shape index (κ2) is 10.4. The normalized spacial score (nSPS) is 26.2. The Hall–Kier alpha value is -0.680. The predicted octanol–water partition coefficient (Wildman–Crippen LogP) is 2.78. The average molecular weight is 445 g/mol. The van der Waals surface area contributed by atoms with E-state index >= 15 is 0 Å². The van der Waals surface area contributed by atoms with Crippen molar-refractivity contribution in [3.8, 4) is 0 Å². The van der Waals surface area contributed by atoms with Crippen LogP contribution >= 0.6 is 11.8 Å². The number of nitrogens with zero attached hydrogens (tertiary/aromatic N) is 2. The van der Waals surface area contributed by atoms with Crippen LogP contribution in [0.25, 0.3) is 0 Å². The van der Waals surface area contributed by atoms with E-state index in [1.807, 2.05) is 18.7 Å². The van der Waals surface area contributed by atoms with Crippen LogP contribution in [0, 0.1) is 5.92 Å². The van der Waals surface area contributed by atoms with Crippen LogP contribution in [0.5, 0.6) is 0 Å². The quantitative estimate of drug-likeness (QED) is 0.487. The van der Waals surface area contributed by atoms with Crippen molar-refractivity contribution >= 4 is 27.7 Å². The zero-order valence-electron chi connectivity index (χ0n) is 16.5. The van der Waals surface area contributed by atoms with Gasteiger partial charge < -0.3 is 10.6 Å². The first-order chi connectivity index (χ1) is 13.2. The Balaban J connectivity index is 1.87. The summed E-state index contributed by atoms with van der Waals surface area (Å²) in [7, 11) is -5.22. The molecular formula is C17H31F3N4O2S2. The van der Waals surface area contributed by atoms with Gasteiger partial charge in [-0.1, -0.05) is 6.42 Å². The third kappa shape index (κ3) is 6.41. The fraction of sp³-hybridized carbons (Fsp3) is 0.941. The van der Waals surface area contributed by atoms with Gasteiger partial charge in [-0.3, -0.25) is 4.99 Å². The SMILES string of the molecule is CCNC(=NCC1CCN(S(=O)(=O)C(F)(F)F)CC1)NC1CCCC(SC)C1. The number of nitrogens with one attached hydrogen (secondary N) is 2. The molecule has 0 amide bonds. The van der Waals surface area contributed by atoms with Crippen molar-refractivity contribution in [2.45, 2.75) is 62.2 Å². The summed E-state index contributed by atoms with van der Waals surface area (Å²) in [6, 6.07) is 0.378. The molecule has 0 spiro atoms. The highest BCUT2D eigenvalue weighted by atomic mass is 32.2. The summed E-state index contributed by atoms with van der Waals surface area (Å²) >= 11 is 1.90. The lowest BCUT2D eigenvalue weighted by Gasteiger charge is -2.31. The number of alkyl halides is 3. The molecule has 2 atom stereocenters. The molecule has 6 nitrogen and oxygen atoms in total. The maximum absolute atomic E-state index is 12.7. The molecule has 0 bridgehead atoms. The fourth-order valence-electron chi connectivity index (χ4n) is 3.70. The van der Waals surface area contributed by atoms with Crippen molar-refractivity contribution in [3.63, 3.8) is 0 Å². The van der Waals surface area contributed by atoms with Crippen molar-refractivity contribution in [1.29, 1.82) is 0 Å². The van der Waals surface area contributed by atoms with Gasteiger partial charge in [-0.05, 0) is 51.2 Å². The number of hydrogen-bond acceptors (Lipinski definition) is 4. The lowest BCUT2D eigenvalue weighted by atomic mass is 9.95. The summed E-state index contributed by atoms with van der Waals surface area (Å²) < 4.78 is 61.5. The number of hydrogen-bond donors (Lipinski definition) is 2. The molecule has 1 saturated heterocycles. The minimum Gasteiger partial charge on any atom is -0.357 e. The maximum atomic E-state index is 12.7. The first-order valence-corrected chi connectivity index (χ1v) is 12.5. The molecule has 2 aliphatic rings. The number of guanidine groups is 1. The highest BCUT2D eigenvalue weighted by Gasteiger charge is 2.50. The highest BCUT2D eigenvalue weighted by molar-refractivity contribution is 7.99. The van der Waals surface area contributed by atoms with E-state index in [4.69, 9.17) is 0 Å².